The lowest BCUT2D eigenvalue weighted by Crippen LogP contribution is -2.68. The van der Waals surface area contributed by atoms with Crippen LogP contribution in [0.5, 0.6) is 0 Å². The third kappa shape index (κ3) is 4.94. The number of hydrogen-bond acceptors (Lipinski definition) is 4. The molecule has 0 N–H and O–H groups in total. The molecule has 2 aromatic rings. The molecule has 0 aliphatic carbocycles. The van der Waals surface area contributed by atoms with Gasteiger partial charge in [-0.15, -0.1) is 0 Å². The lowest BCUT2D eigenvalue weighted by atomic mass is 10.0. The molecule has 2 aromatic carbocycles. The van der Waals surface area contributed by atoms with E-state index in [0.29, 0.717) is 0 Å². The molecule has 0 radical (unpaired) electrons. The summed E-state index contributed by atoms with van der Waals surface area (Å²) in [7, 11) is -2.66. The van der Waals surface area contributed by atoms with Gasteiger partial charge in [-0.2, -0.15) is 0 Å². The van der Waals surface area contributed by atoms with Crippen LogP contribution >= 0.6 is 0 Å². The van der Waals surface area contributed by atoms with Crippen LogP contribution in [0.3, 0.4) is 0 Å². The summed E-state index contributed by atoms with van der Waals surface area (Å²) in [5, 5.41) is 2.42. The summed E-state index contributed by atoms with van der Waals surface area (Å²) < 4.78 is 18.9. The van der Waals surface area contributed by atoms with Crippen molar-refractivity contribution in [3.8, 4) is 0 Å². The van der Waals surface area contributed by atoms with E-state index in [1.165, 1.54) is 17.3 Å². The predicted molar refractivity (Wildman–Crippen MR) is 127 cm³/mol. The maximum Gasteiger partial charge on any atom is 0.304 e. The van der Waals surface area contributed by atoms with Gasteiger partial charge in [0.05, 0.1) is 12.2 Å². The van der Waals surface area contributed by atoms with Gasteiger partial charge in [0, 0.05) is 12.8 Å². The molecule has 3 rings (SSSR count). The molecule has 1 unspecified atom stereocenters. The Hall–Kier alpha value is -1.95. The Bertz CT molecular complexity index is 807. The van der Waals surface area contributed by atoms with Crippen molar-refractivity contribution in [2.75, 3.05) is 0 Å². The molecular formula is C26H36O4Si. The third-order valence-corrected chi connectivity index (χ3v) is 11.3. The van der Waals surface area contributed by atoms with Crippen molar-refractivity contribution in [2.45, 2.75) is 77.9 Å². The molecule has 1 heterocycles. The summed E-state index contributed by atoms with van der Waals surface area (Å²) in [6, 6.07) is 21.3. The third-order valence-electron chi connectivity index (χ3n) is 6.22. The lowest BCUT2D eigenvalue weighted by Gasteiger charge is -2.46. The van der Waals surface area contributed by atoms with Crippen molar-refractivity contribution < 1.29 is 18.7 Å². The summed E-state index contributed by atoms with van der Waals surface area (Å²) >= 11 is 0. The quantitative estimate of drug-likeness (QED) is 0.464. The molecule has 0 amide bonds. The van der Waals surface area contributed by atoms with E-state index in [9.17, 15) is 4.79 Å². The van der Waals surface area contributed by atoms with Crippen LogP contribution < -0.4 is 10.4 Å². The summed E-state index contributed by atoms with van der Waals surface area (Å²) in [4.78, 5) is 11.5. The van der Waals surface area contributed by atoms with Crippen LogP contribution in [0, 0.1) is 5.92 Å². The molecule has 0 aromatic heterocycles. The number of ether oxygens (including phenoxy) is 2. The van der Waals surface area contributed by atoms with Crippen molar-refractivity contribution in [1.29, 1.82) is 0 Å². The van der Waals surface area contributed by atoms with E-state index in [1.54, 1.807) is 0 Å². The zero-order chi connectivity index (χ0) is 22.6. The molecule has 0 bridgehead atoms. The minimum absolute atomic E-state index is 0.0886. The van der Waals surface area contributed by atoms with E-state index < -0.39 is 14.6 Å². The molecule has 5 heteroatoms. The van der Waals surface area contributed by atoms with Crippen LogP contribution in [0.2, 0.25) is 5.04 Å². The molecule has 0 spiro atoms. The fourth-order valence-electron chi connectivity index (χ4n) is 4.73. The Morgan fingerprint density at radius 2 is 1.58 bits per heavy atom. The monoisotopic (exact) mass is 440 g/mol. The van der Waals surface area contributed by atoms with Crippen LogP contribution in [0.25, 0.3) is 0 Å². The maximum absolute atomic E-state index is 11.5. The van der Waals surface area contributed by atoms with Crippen molar-refractivity contribution in [3.05, 3.63) is 60.7 Å². The highest BCUT2D eigenvalue weighted by atomic mass is 28.4. The second-order valence-corrected chi connectivity index (χ2v) is 13.8. The van der Waals surface area contributed by atoms with E-state index in [4.69, 9.17) is 13.9 Å². The normalized spacial score (nSPS) is 22.8. The number of benzene rings is 2. The maximum atomic E-state index is 11.5. The Labute approximate surface area is 188 Å². The fourth-order valence-corrected chi connectivity index (χ4v) is 9.51. The van der Waals surface area contributed by atoms with Gasteiger partial charge in [-0.05, 0) is 28.3 Å². The first kappa shape index (κ1) is 23.7. The Morgan fingerprint density at radius 3 is 2.00 bits per heavy atom. The number of hydrogen-bond donors (Lipinski definition) is 0. The molecule has 0 saturated carbocycles. The van der Waals surface area contributed by atoms with Crippen LogP contribution in [-0.2, 0) is 18.7 Å². The predicted octanol–water partition coefficient (Wildman–Crippen LogP) is 4.66. The average molecular weight is 441 g/mol. The summed E-state index contributed by atoms with van der Waals surface area (Å²) in [6.07, 6.45) is 0.947. The number of carbonyl (C=O) groups excluding carboxylic acids is 1. The first-order chi connectivity index (χ1) is 14.7. The molecule has 1 saturated heterocycles. The zero-order valence-electron chi connectivity index (χ0n) is 19.6. The smallest absolute Gasteiger partial charge is 0.304 e. The van der Waals surface area contributed by atoms with E-state index in [0.717, 1.165) is 12.8 Å². The van der Waals surface area contributed by atoms with Gasteiger partial charge in [0.2, 0.25) is 6.29 Å². The lowest BCUT2D eigenvalue weighted by molar-refractivity contribution is -0.183. The van der Waals surface area contributed by atoms with Gasteiger partial charge in [-0.25, -0.2) is 0 Å². The highest BCUT2D eigenvalue weighted by Gasteiger charge is 2.53. The van der Waals surface area contributed by atoms with Crippen molar-refractivity contribution in [2.24, 2.45) is 5.92 Å². The molecule has 4 atom stereocenters. The van der Waals surface area contributed by atoms with E-state index in [2.05, 4.69) is 95.3 Å². The molecule has 31 heavy (non-hydrogen) atoms. The summed E-state index contributed by atoms with van der Waals surface area (Å²) in [5.41, 5.74) is 0. The second kappa shape index (κ2) is 9.68. The van der Waals surface area contributed by atoms with Crippen molar-refractivity contribution in [1.82, 2.24) is 0 Å². The van der Waals surface area contributed by atoms with Gasteiger partial charge < -0.3 is 13.9 Å². The standard InChI is InChI=1S/C26H36O4Si/c1-7-23(24-18-19(2)25(29-24)28-20(3)27)30-31(26(4,5)6,21-14-10-8-11-15-21)22-16-12-9-13-17-22/h8-17,19,23-25H,7,18H2,1-6H3/t19-,23?,24+,25+/m1/s1. The number of rotatable bonds is 7. The van der Waals surface area contributed by atoms with E-state index >= 15 is 0 Å². The van der Waals surface area contributed by atoms with Crippen molar-refractivity contribution in [3.63, 3.8) is 0 Å². The van der Waals surface area contributed by atoms with Crippen LogP contribution in [0.15, 0.2) is 60.7 Å². The van der Waals surface area contributed by atoms with Gasteiger partial charge >= 0.3 is 5.97 Å². The Kier molecular flexibility index (Phi) is 7.40. The van der Waals surface area contributed by atoms with Gasteiger partial charge in [0.25, 0.3) is 8.32 Å². The molecule has 168 valence electrons. The SMILES string of the molecule is CCC(O[Si](c1ccccc1)(c1ccccc1)C(C)(C)C)[C@@H]1C[C@@H](C)[C@@H](OC(C)=O)O1. The first-order valence-electron chi connectivity index (χ1n) is 11.3. The van der Waals surface area contributed by atoms with Crippen LogP contribution in [0.1, 0.15) is 54.4 Å². The molecule has 1 aliphatic rings. The fraction of sp³-hybridized carbons (Fsp3) is 0.500. The molecule has 4 nitrogen and oxygen atoms in total. The second-order valence-electron chi connectivity index (χ2n) is 9.59. The Morgan fingerprint density at radius 1 is 1.06 bits per heavy atom. The van der Waals surface area contributed by atoms with Crippen LogP contribution in [0.4, 0.5) is 0 Å². The molecular weight excluding hydrogens is 404 g/mol. The van der Waals surface area contributed by atoms with E-state index in [-0.39, 0.29) is 29.1 Å². The number of carbonyl (C=O) groups is 1. The summed E-state index contributed by atoms with van der Waals surface area (Å²) in [6.45, 7) is 12.5. The largest absolute Gasteiger partial charge is 0.436 e. The minimum atomic E-state index is -2.66. The topological polar surface area (TPSA) is 44.8 Å². The Balaban J connectivity index is 2.03. The molecule has 1 fully saturated rings. The molecule has 1 aliphatic heterocycles. The number of esters is 1. The minimum Gasteiger partial charge on any atom is -0.436 e. The zero-order valence-corrected chi connectivity index (χ0v) is 20.6. The van der Waals surface area contributed by atoms with Gasteiger partial charge in [0.15, 0.2) is 0 Å². The first-order valence-corrected chi connectivity index (χ1v) is 13.2. The van der Waals surface area contributed by atoms with E-state index in [1.807, 2.05) is 0 Å². The van der Waals surface area contributed by atoms with Gasteiger partial charge in [-0.3, -0.25) is 4.79 Å². The highest BCUT2D eigenvalue weighted by Crippen LogP contribution is 2.40. The van der Waals surface area contributed by atoms with Gasteiger partial charge in [0.1, 0.15) is 0 Å². The van der Waals surface area contributed by atoms with Crippen molar-refractivity contribution >= 4 is 24.7 Å². The highest BCUT2D eigenvalue weighted by molar-refractivity contribution is 6.99. The van der Waals surface area contributed by atoms with Crippen LogP contribution in [-0.4, -0.2) is 32.8 Å². The average Bonchev–Trinajstić information content (AvgIpc) is 3.09. The summed E-state index contributed by atoms with van der Waals surface area (Å²) in [5.74, 6) is -0.163. The van der Waals surface area contributed by atoms with Gasteiger partial charge in [-0.1, -0.05) is 95.3 Å².